The quantitative estimate of drug-likeness (QED) is 0.855. The second-order valence-corrected chi connectivity index (χ2v) is 6.34. The molecule has 21 heavy (non-hydrogen) atoms. The molecule has 0 aromatic heterocycles. The molecular formula is C16H11ClNO2S-. The van der Waals surface area contributed by atoms with Crippen LogP contribution in [0.4, 0.5) is 5.69 Å². The summed E-state index contributed by atoms with van der Waals surface area (Å²) >= 11 is 7.18. The highest BCUT2D eigenvalue weighted by Crippen LogP contribution is 2.37. The first-order valence-electron chi connectivity index (χ1n) is 6.43. The van der Waals surface area contributed by atoms with E-state index in [9.17, 15) is 9.90 Å². The summed E-state index contributed by atoms with van der Waals surface area (Å²) in [5, 5.41) is 11.3. The van der Waals surface area contributed by atoms with Gasteiger partial charge in [0.05, 0.1) is 16.9 Å². The molecule has 0 N–H and O–H groups in total. The van der Waals surface area contributed by atoms with Gasteiger partial charge in [0.25, 0.3) is 0 Å². The largest absolute Gasteiger partial charge is 0.549 e. The lowest BCUT2D eigenvalue weighted by Crippen LogP contribution is -2.34. The maximum absolute atomic E-state index is 11.3. The Hall–Kier alpha value is -1.78. The summed E-state index contributed by atoms with van der Waals surface area (Å²) in [6.45, 7) is 0. The van der Waals surface area contributed by atoms with Gasteiger partial charge in [0.15, 0.2) is 0 Å². The molecule has 0 bridgehead atoms. The van der Waals surface area contributed by atoms with Gasteiger partial charge in [-0.15, -0.1) is 11.8 Å². The highest BCUT2D eigenvalue weighted by Gasteiger charge is 2.21. The van der Waals surface area contributed by atoms with E-state index in [0.717, 1.165) is 21.9 Å². The highest BCUT2D eigenvalue weighted by atomic mass is 35.5. The number of benzene rings is 2. The van der Waals surface area contributed by atoms with Crippen LogP contribution in [0.3, 0.4) is 0 Å². The fourth-order valence-corrected chi connectivity index (χ4v) is 3.33. The molecule has 106 valence electrons. The molecule has 3 rings (SSSR count). The van der Waals surface area contributed by atoms with Crippen molar-refractivity contribution in [3.05, 3.63) is 59.1 Å². The average molecular weight is 317 g/mol. The number of fused-ring (bicyclic) bond motifs is 1. The Bertz CT molecular complexity index is 712. The highest BCUT2D eigenvalue weighted by molar-refractivity contribution is 8.00. The monoisotopic (exact) mass is 316 g/mol. The van der Waals surface area contributed by atoms with E-state index in [0.29, 0.717) is 11.4 Å². The summed E-state index contributed by atoms with van der Waals surface area (Å²) in [6, 6.07) is 14.8. The Labute approximate surface area is 131 Å². The van der Waals surface area contributed by atoms with Crippen LogP contribution in [0.25, 0.3) is 0 Å². The number of para-hydroxylation sites is 1. The zero-order valence-corrected chi connectivity index (χ0v) is 12.5. The third kappa shape index (κ3) is 3.12. The van der Waals surface area contributed by atoms with Crippen molar-refractivity contribution in [2.45, 2.75) is 16.6 Å². The zero-order chi connectivity index (χ0) is 14.8. The van der Waals surface area contributed by atoms with Crippen LogP contribution < -0.4 is 5.11 Å². The Kier molecular flexibility index (Phi) is 3.99. The van der Waals surface area contributed by atoms with E-state index in [2.05, 4.69) is 4.99 Å². The first kappa shape index (κ1) is 14.2. The number of aliphatic imine (C=N–C) groups is 1. The van der Waals surface area contributed by atoms with Gasteiger partial charge in [0.1, 0.15) is 0 Å². The van der Waals surface area contributed by atoms with E-state index in [1.54, 1.807) is 12.1 Å². The van der Waals surface area contributed by atoms with E-state index in [1.807, 2.05) is 36.4 Å². The molecule has 0 aliphatic carbocycles. The van der Waals surface area contributed by atoms with Crippen LogP contribution in [0.2, 0.25) is 5.02 Å². The van der Waals surface area contributed by atoms with Crippen LogP contribution in [-0.4, -0.2) is 16.9 Å². The topological polar surface area (TPSA) is 52.5 Å². The van der Waals surface area contributed by atoms with Crippen molar-refractivity contribution in [2.24, 2.45) is 4.99 Å². The third-order valence-electron chi connectivity index (χ3n) is 3.21. The maximum Gasteiger partial charge on any atom is 0.0769 e. The zero-order valence-electron chi connectivity index (χ0n) is 11.0. The van der Waals surface area contributed by atoms with Gasteiger partial charge in [-0.05, 0) is 29.8 Å². The minimum atomic E-state index is -1.07. The van der Waals surface area contributed by atoms with Gasteiger partial charge in [-0.3, -0.25) is 4.99 Å². The van der Waals surface area contributed by atoms with Crippen LogP contribution in [0.5, 0.6) is 0 Å². The molecule has 2 aromatic carbocycles. The van der Waals surface area contributed by atoms with E-state index >= 15 is 0 Å². The molecule has 0 spiro atoms. The lowest BCUT2D eigenvalue weighted by Gasteiger charge is -2.16. The number of carbonyl (C=O) groups is 1. The van der Waals surface area contributed by atoms with Crippen molar-refractivity contribution in [1.29, 1.82) is 0 Å². The van der Waals surface area contributed by atoms with E-state index in [1.165, 1.54) is 11.8 Å². The number of hydrogen-bond donors (Lipinski definition) is 0. The SMILES string of the molecule is O=C([O-])C1CC(c2ccc(Cl)cc2)=Nc2ccccc2S1. The van der Waals surface area contributed by atoms with E-state index in [4.69, 9.17) is 11.6 Å². The molecule has 1 aliphatic heterocycles. The Morgan fingerprint density at radius 3 is 2.62 bits per heavy atom. The Morgan fingerprint density at radius 2 is 1.90 bits per heavy atom. The molecule has 1 aliphatic rings. The summed E-state index contributed by atoms with van der Waals surface area (Å²) in [5.41, 5.74) is 2.40. The summed E-state index contributed by atoms with van der Waals surface area (Å²) in [5.74, 6) is -1.07. The standard InChI is InChI=1S/C16H12ClNO2S/c17-11-7-5-10(6-8-11)13-9-15(16(19)20)21-14-4-2-1-3-12(14)18-13/h1-8,15H,9H2,(H,19,20)/p-1. The lowest BCUT2D eigenvalue weighted by molar-refractivity contribution is -0.304. The van der Waals surface area contributed by atoms with Crippen LogP contribution in [0, 0.1) is 0 Å². The van der Waals surface area contributed by atoms with Crippen LogP contribution in [-0.2, 0) is 4.79 Å². The van der Waals surface area contributed by atoms with E-state index < -0.39 is 11.2 Å². The number of carboxylic acid groups (broad SMARTS) is 1. The molecule has 1 atom stereocenters. The molecule has 0 amide bonds. The number of rotatable bonds is 2. The molecule has 0 saturated carbocycles. The number of carboxylic acids is 1. The third-order valence-corrected chi connectivity index (χ3v) is 4.70. The predicted octanol–water partition coefficient (Wildman–Crippen LogP) is 3.08. The summed E-state index contributed by atoms with van der Waals surface area (Å²) in [7, 11) is 0. The van der Waals surface area contributed by atoms with Gasteiger partial charge < -0.3 is 9.90 Å². The van der Waals surface area contributed by atoms with Gasteiger partial charge in [0.2, 0.25) is 0 Å². The second-order valence-electron chi connectivity index (χ2n) is 4.66. The number of thioether (sulfide) groups is 1. The molecule has 0 radical (unpaired) electrons. The smallest absolute Gasteiger partial charge is 0.0769 e. The van der Waals surface area contributed by atoms with Crippen LogP contribution in [0.1, 0.15) is 12.0 Å². The van der Waals surface area contributed by atoms with Crippen molar-refractivity contribution >= 4 is 40.7 Å². The molecule has 0 saturated heterocycles. The second kappa shape index (κ2) is 5.92. The Balaban J connectivity index is 2.07. The van der Waals surface area contributed by atoms with Crippen molar-refractivity contribution in [3.8, 4) is 0 Å². The van der Waals surface area contributed by atoms with Crippen LogP contribution >= 0.6 is 23.4 Å². The molecule has 3 nitrogen and oxygen atoms in total. The summed E-state index contributed by atoms with van der Waals surface area (Å²) in [4.78, 5) is 16.8. The fourth-order valence-electron chi connectivity index (χ4n) is 2.17. The van der Waals surface area contributed by atoms with Crippen LogP contribution in [0.15, 0.2) is 58.4 Å². The molecule has 5 heteroatoms. The number of halogens is 1. The van der Waals surface area contributed by atoms with Gasteiger partial charge in [-0.25, -0.2) is 0 Å². The number of hydrogen-bond acceptors (Lipinski definition) is 4. The molecular weight excluding hydrogens is 306 g/mol. The minimum absolute atomic E-state index is 0.323. The Morgan fingerprint density at radius 1 is 1.19 bits per heavy atom. The fraction of sp³-hybridized carbons (Fsp3) is 0.125. The normalized spacial score (nSPS) is 17.6. The van der Waals surface area contributed by atoms with Crippen molar-refractivity contribution < 1.29 is 9.90 Å². The summed E-state index contributed by atoms with van der Waals surface area (Å²) < 4.78 is 0. The van der Waals surface area contributed by atoms with Crippen molar-refractivity contribution in [2.75, 3.05) is 0 Å². The number of carbonyl (C=O) groups excluding carboxylic acids is 1. The van der Waals surface area contributed by atoms with Gasteiger partial charge in [-0.2, -0.15) is 0 Å². The van der Waals surface area contributed by atoms with Crippen molar-refractivity contribution in [3.63, 3.8) is 0 Å². The minimum Gasteiger partial charge on any atom is -0.549 e. The van der Waals surface area contributed by atoms with E-state index in [-0.39, 0.29) is 0 Å². The number of nitrogens with zero attached hydrogens (tertiary/aromatic N) is 1. The first-order chi connectivity index (χ1) is 10.1. The molecule has 1 heterocycles. The molecule has 1 unspecified atom stereocenters. The maximum atomic E-state index is 11.3. The molecule has 2 aromatic rings. The number of aliphatic carboxylic acids is 1. The van der Waals surface area contributed by atoms with Gasteiger partial charge in [0, 0.05) is 22.1 Å². The lowest BCUT2D eigenvalue weighted by atomic mass is 10.1. The molecule has 0 fully saturated rings. The first-order valence-corrected chi connectivity index (χ1v) is 7.69. The van der Waals surface area contributed by atoms with Gasteiger partial charge in [-0.1, -0.05) is 35.9 Å². The predicted molar refractivity (Wildman–Crippen MR) is 83.4 cm³/mol. The van der Waals surface area contributed by atoms with Gasteiger partial charge >= 0.3 is 0 Å². The average Bonchev–Trinajstić information content (AvgIpc) is 2.67. The van der Waals surface area contributed by atoms with Crippen molar-refractivity contribution in [1.82, 2.24) is 0 Å². The summed E-state index contributed by atoms with van der Waals surface area (Å²) in [6.07, 6.45) is 0.323.